The molecule has 0 aliphatic rings. The number of hydrogen-bond donors (Lipinski definition) is 1. The van der Waals surface area contributed by atoms with Gasteiger partial charge in [-0.1, -0.05) is 12.1 Å². The zero-order valence-electron chi connectivity index (χ0n) is 13.0. The minimum Gasteiger partial charge on any atom is -0.480 e. The molecule has 1 unspecified atom stereocenters. The van der Waals surface area contributed by atoms with Gasteiger partial charge in [0.25, 0.3) is 0 Å². The lowest BCUT2D eigenvalue weighted by Crippen LogP contribution is -2.35. The summed E-state index contributed by atoms with van der Waals surface area (Å²) in [4.78, 5) is 16.8. The normalized spacial score (nSPS) is 12.2. The molecule has 0 bridgehead atoms. The molecule has 1 aromatic carbocycles. The summed E-state index contributed by atoms with van der Waals surface area (Å²) in [6.45, 7) is 4.21. The van der Waals surface area contributed by atoms with Gasteiger partial charge in [-0.25, -0.2) is 0 Å². The summed E-state index contributed by atoms with van der Waals surface area (Å²) >= 11 is 0. The van der Waals surface area contributed by atoms with E-state index in [0.717, 1.165) is 16.9 Å². The van der Waals surface area contributed by atoms with E-state index >= 15 is 0 Å². The molecule has 0 amide bonds. The first-order valence-electron chi connectivity index (χ1n) is 7.08. The number of nitrogens with zero attached hydrogens (tertiary/aromatic N) is 2. The number of aliphatic carboxylic acids is 1. The van der Waals surface area contributed by atoms with Gasteiger partial charge in [0.05, 0.1) is 6.20 Å². The molecule has 116 valence electrons. The molecule has 0 aliphatic heterocycles. The first-order chi connectivity index (χ1) is 10.5. The second kappa shape index (κ2) is 7.04. The van der Waals surface area contributed by atoms with E-state index in [1.165, 1.54) is 0 Å². The van der Waals surface area contributed by atoms with Crippen LogP contribution in [0.5, 0.6) is 11.5 Å². The van der Waals surface area contributed by atoms with Gasteiger partial charge in [0.15, 0.2) is 0 Å². The number of carboxylic acid groups (broad SMARTS) is 1. The molecule has 5 heteroatoms. The van der Waals surface area contributed by atoms with Gasteiger partial charge < -0.3 is 9.84 Å². The van der Waals surface area contributed by atoms with Gasteiger partial charge in [-0.2, -0.15) is 0 Å². The average Bonchev–Trinajstić information content (AvgIpc) is 2.50. The fourth-order valence-corrected chi connectivity index (χ4v) is 2.07. The van der Waals surface area contributed by atoms with Crippen LogP contribution in [0.15, 0.2) is 42.7 Å². The van der Waals surface area contributed by atoms with E-state index < -0.39 is 12.0 Å². The highest BCUT2D eigenvalue weighted by molar-refractivity contribution is 5.72. The highest BCUT2D eigenvalue weighted by Gasteiger charge is 2.17. The van der Waals surface area contributed by atoms with Crippen LogP contribution in [0.1, 0.15) is 18.1 Å². The monoisotopic (exact) mass is 300 g/mol. The fourth-order valence-electron chi connectivity index (χ4n) is 2.07. The zero-order chi connectivity index (χ0) is 16.1. The number of aryl methyl sites for hydroxylation is 1. The van der Waals surface area contributed by atoms with Gasteiger partial charge in [-0.15, -0.1) is 0 Å². The van der Waals surface area contributed by atoms with Crippen LogP contribution in [0.25, 0.3) is 0 Å². The van der Waals surface area contributed by atoms with Crippen molar-refractivity contribution < 1.29 is 14.6 Å². The lowest BCUT2D eigenvalue weighted by molar-refractivity contribution is -0.142. The molecule has 1 atom stereocenters. The predicted octanol–water partition coefficient (Wildman–Crippen LogP) is 3.09. The van der Waals surface area contributed by atoms with Crippen molar-refractivity contribution in [2.45, 2.75) is 26.4 Å². The summed E-state index contributed by atoms with van der Waals surface area (Å²) in [5.74, 6) is 0.636. The third-order valence-corrected chi connectivity index (χ3v) is 3.55. The van der Waals surface area contributed by atoms with Crippen molar-refractivity contribution in [1.29, 1.82) is 0 Å². The van der Waals surface area contributed by atoms with Crippen molar-refractivity contribution in [3.8, 4) is 11.5 Å². The number of rotatable bonds is 6. The molecule has 0 saturated heterocycles. The van der Waals surface area contributed by atoms with Crippen molar-refractivity contribution in [3.63, 3.8) is 0 Å². The summed E-state index contributed by atoms with van der Waals surface area (Å²) < 4.78 is 5.78. The number of pyridine rings is 1. The molecule has 2 aromatic rings. The number of benzene rings is 1. The van der Waals surface area contributed by atoms with E-state index in [-0.39, 0.29) is 0 Å². The van der Waals surface area contributed by atoms with Crippen LogP contribution in [0.3, 0.4) is 0 Å². The second-order valence-corrected chi connectivity index (χ2v) is 5.32. The molecule has 0 radical (unpaired) electrons. The summed E-state index contributed by atoms with van der Waals surface area (Å²) in [5, 5.41) is 9.03. The molecule has 1 N–H and O–H groups in total. The maximum Gasteiger partial charge on any atom is 0.320 e. The van der Waals surface area contributed by atoms with E-state index in [9.17, 15) is 4.79 Å². The van der Waals surface area contributed by atoms with E-state index in [2.05, 4.69) is 4.98 Å². The summed E-state index contributed by atoms with van der Waals surface area (Å²) in [5.41, 5.74) is 2.05. The number of ether oxygens (including phenoxy) is 1. The van der Waals surface area contributed by atoms with Crippen LogP contribution in [-0.2, 0) is 11.3 Å². The summed E-state index contributed by atoms with van der Waals surface area (Å²) in [6, 6.07) is 9.01. The van der Waals surface area contributed by atoms with Crippen LogP contribution < -0.4 is 4.74 Å². The molecule has 1 heterocycles. The van der Waals surface area contributed by atoms with Gasteiger partial charge in [-0.05, 0) is 50.2 Å². The number of carbonyl (C=O) groups is 1. The van der Waals surface area contributed by atoms with Crippen LogP contribution in [0.2, 0.25) is 0 Å². The maximum atomic E-state index is 11.0. The Morgan fingerprint density at radius 2 is 2.18 bits per heavy atom. The Morgan fingerprint density at radius 3 is 2.77 bits per heavy atom. The molecule has 2 rings (SSSR count). The molecule has 5 nitrogen and oxygen atoms in total. The Balaban J connectivity index is 2.08. The molecule has 0 spiro atoms. The molecule has 0 fully saturated rings. The third-order valence-electron chi connectivity index (χ3n) is 3.55. The number of carboxylic acids is 1. The largest absolute Gasteiger partial charge is 0.480 e. The minimum atomic E-state index is -0.823. The van der Waals surface area contributed by atoms with Crippen LogP contribution >= 0.6 is 0 Å². The van der Waals surface area contributed by atoms with Crippen molar-refractivity contribution in [1.82, 2.24) is 9.88 Å². The van der Waals surface area contributed by atoms with Gasteiger partial charge in [0.1, 0.15) is 17.5 Å². The van der Waals surface area contributed by atoms with Gasteiger partial charge >= 0.3 is 5.97 Å². The smallest absolute Gasteiger partial charge is 0.320 e. The van der Waals surface area contributed by atoms with E-state index in [1.807, 2.05) is 37.3 Å². The third kappa shape index (κ3) is 4.05. The van der Waals surface area contributed by atoms with Crippen molar-refractivity contribution in [3.05, 3.63) is 53.9 Å². The summed E-state index contributed by atoms with van der Waals surface area (Å²) in [7, 11) is 1.80. The van der Waals surface area contributed by atoms with Crippen LogP contribution in [-0.4, -0.2) is 34.0 Å². The van der Waals surface area contributed by atoms with Crippen LogP contribution in [0, 0.1) is 6.92 Å². The molecular weight excluding hydrogens is 280 g/mol. The molecule has 22 heavy (non-hydrogen) atoms. The van der Waals surface area contributed by atoms with E-state index in [1.54, 1.807) is 31.3 Å². The molecule has 0 saturated carbocycles. The number of likely N-dealkylation sites (N-methyl/N-ethyl adjacent to an activating group) is 1. The Labute approximate surface area is 130 Å². The van der Waals surface area contributed by atoms with Gasteiger partial charge in [0, 0.05) is 12.7 Å². The molecule has 0 aliphatic carbocycles. The number of aromatic nitrogens is 1. The van der Waals surface area contributed by atoms with Crippen LogP contribution in [0.4, 0.5) is 0 Å². The highest BCUT2D eigenvalue weighted by atomic mass is 16.5. The van der Waals surface area contributed by atoms with Crippen molar-refractivity contribution in [2.75, 3.05) is 7.05 Å². The summed E-state index contributed by atoms with van der Waals surface area (Å²) in [6.07, 6.45) is 3.36. The first-order valence-corrected chi connectivity index (χ1v) is 7.08. The van der Waals surface area contributed by atoms with Crippen molar-refractivity contribution >= 4 is 5.97 Å². The topological polar surface area (TPSA) is 62.7 Å². The number of hydrogen-bond acceptors (Lipinski definition) is 4. The Morgan fingerprint density at radius 1 is 1.41 bits per heavy atom. The van der Waals surface area contributed by atoms with E-state index in [0.29, 0.717) is 12.3 Å². The maximum absolute atomic E-state index is 11.0. The van der Waals surface area contributed by atoms with E-state index in [4.69, 9.17) is 9.84 Å². The molecular formula is C17H20N2O3. The average molecular weight is 300 g/mol. The lowest BCUT2D eigenvalue weighted by Gasteiger charge is -2.21. The Bertz CT molecular complexity index is 644. The van der Waals surface area contributed by atoms with Crippen molar-refractivity contribution in [2.24, 2.45) is 0 Å². The first kappa shape index (κ1) is 16.0. The Hall–Kier alpha value is -2.40. The standard InChI is InChI=1S/C17H20N2O3/c1-12-9-14(11-19(3)13(2)17(20)21)6-7-16(12)22-15-5-4-8-18-10-15/h4-10,13H,11H2,1-3H3,(H,20,21). The Kier molecular flexibility index (Phi) is 5.12. The van der Waals surface area contributed by atoms with Gasteiger partial charge in [-0.3, -0.25) is 14.7 Å². The SMILES string of the molecule is Cc1cc(CN(C)C(C)C(=O)O)ccc1Oc1cccnc1. The fraction of sp³-hybridized carbons (Fsp3) is 0.294. The zero-order valence-corrected chi connectivity index (χ0v) is 13.0. The highest BCUT2D eigenvalue weighted by Crippen LogP contribution is 2.25. The predicted molar refractivity (Wildman–Crippen MR) is 84.1 cm³/mol. The van der Waals surface area contributed by atoms with Gasteiger partial charge in [0.2, 0.25) is 0 Å². The lowest BCUT2D eigenvalue weighted by atomic mass is 10.1. The quantitative estimate of drug-likeness (QED) is 0.888. The molecule has 1 aromatic heterocycles. The second-order valence-electron chi connectivity index (χ2n) is 5.32. The minimum absolute atomic E-state index is 0.522.